The van der Waals surface area contributed by atoms with Crippen molar-refractivity contribution in [1.29, 1.82) is 0 Å². The van der Waals surface area contributed by atoms with Gasteiger partial charge in [0.1, 0.15) is 0 Å². The molecule has 0 saturated carbocycles. The van der Waals surface area contributed by atoms with Crippen LogP contribution in [0.15, 0.2) is 27.1 Å². The first-order valence-corrected chi connectivity index (χ1v) is 8.15. The lowest BCUT2D eigenvalue weighted by Gasteiger charge is -2.15. The molecule has 19 heavy (non-hydrogen) atoms. The van der Waals surface area contributed by atoms with Crippen LogP contribution >= 0.6 is 31.9 Å². The van der Waals surface area contributed by atoms with Crippen molar-refractivity contribution in [3.63, 3.8) is 0 Å². The fraction of sp³-hybridized carbons (Fsp3) is 0.400. The van der Waals surface area contributed by atoms with Crippen LogP contribution in [-0.2, 0) is 0 Å². The first-order valence-electron chi connectivity index (χ1n) is 6.57. The number of anilines is 1. The Hall–Kier alpha value is -0.610. The quantitative estimate of drug-likeness (QED) is 0.729. The van der Waals surface area contributed by atoms with Gasteiger partial charge in [0.05, 0.1) is 5.52 Å². The van der Waals surface area contributed by atoms with Crippen LogP contribution < -0.4 is 5.32 Å². The summed E-state index contributed by atoms with van der Waals surface area (Å²) < 4.78 is 2.11. The normalized spacial score (nSPS) is 11.3. The maximum atomic E-state index is 4.79. The molecule has 0 aliphatic rings. The Morgan fingerprint density at radius 3 is 2.53 bits per heavy atom. The van der Waals surface area contributed by atoms with Gasteiger partial charge in [-0.2, -0.15) is 0 Å². The van der Waals surface area contributed by atoms with Crippen molar-refractivity contribution in [2.45, 2.75) is 33.1 Å². The zero-order valence-corrected chi connectivity index (χ0v) is 14.6. The van der Waals surface area contributed by atoms with E-state index in [0.29, 0.717) is 5.92 Å². The summed E-state index contributed by atoms with van der Waals surface area (Å²) in [6.45, 7) is 7.48. The number of rotatable bonds is 4. The van der Waals surface area contributed by atoms with Gasteiger partial charge < -0.3 is 5.32 Å². The second-order valence-electron chi connectivity index (χ2n) is 4.93. The Bertz CT molecular complexity index is 594. The van der Waals surface area contributed by atoms with Crippen molar-refractivity contribution in [2.75, 3.05) is 11.9 Å². The van der Waals surface area contributed by atoms with Crippen molar-refractivity contribution in [1.82, 2.24) is 4.98 Å². The number of benzene rings is 1. The standard InChI is InChI=1S/C15H18Br2N2/c1-4-7-18-13-8-12(9(2)3)19-15-11(17)6-5-10(16)14(13)15/h5-6,8-9H,4,7H2,1-3H3,(H,18,19). The maximum Gasteiger partial charge on any atom is 0.0879 e. The van der Waals surface area contributed by atoms with E-state index < -0.39 is 0 Å². The van der Waals surface area contributed by atoms with Crippen molar-refractivity contribution in [3.05, 3.63) is 32.8 Å². The van der Waals surface area contributed by atoms with Crippen LogP contribution in [-0.4, -0.2) is 11.5 Å². The molecular weight excluding hydrogens is 368 g/mol. The molecule has 0 aliphatic heterocycles. The number of fused-ring (bicyclic) bond motifs is 1. The number of nitrogens with one attached hydrogen (secondary N) is 1. The van der Waals surface area contributed by atoms with Gasteiger partial charge in [-0.25, -0.2) is 0 Å². The van der Waals surface area contributed by atoms with Crippen molar-refractivity contribution < 1.29 is 0 Å². The van der Waals surface area contributed by atoms with Crippen LogP contribution in [0.4, 0.5) is 5.69 Å². The molecule has 0 radical (unpaired) electrons. The van der Waals surface area contributed by atoms with Gasteiger partial charge in [-0.1, -0.05) is 36.7 Å². The first-order chi connectivity index (χ1) is 9.04. The summed E-state index contributed by atoms with van der Waals surface area (Å²) >= 11 is 7.24. The summed E-state index contributed by atoms with van der Waals surface area (Å²) in [4.78, 5) is 4.79. The lowest BCUT2D eigenvalue weighted by molar-refractivity contribution is 0.829. The third-order valence-electron chi connectivity index (χ3n) is 3.04. The molecule has 1 aromatic heterocycles. The molecule has 0 bridgehead atoms. The monoisotopic (exact) mass is 384 g/mol. The van der Waals surface area contributed by atoms with Crippen molar-refractivity contribution in [2.24, 2.45) is 0 Å². The summed E-state index contributed by atoms with van der Waals surface area (Å²) in [6, 6.07) is 6.26. The van der Waals surface area contributed by atoms with E-state index in [0.717, 1.165) is 44.2 Å². The molecule has 0 amide bonds. The predicted molar refractivity (Wildman–Crippen MR) is 90.0 cm³/mol. The summed E-state index contributed by atoms with van der Waals surface area (Å²) in [5, 5.41) is 4.66. The van der Waals surface area contributed by atoms with Gasteiger partial charge in [0.2, 0.25) is 0 Å². The smallest absolute Gasteiger partial charge is 0.0879 e. The van der Waals surface area contributed by atoms with Gasteiger partial charge >= 0.3 is 0 Å². The predicted octanol–water partition coefficient (Wildman–Crippen LogP) is 5.71. The summed E-state index contributed by atoms with van der Waals surface area (Å²) in [5.41, 5.74) is 3.29. The molecule has 102 valence electrons. The van der Waals surface area contributed by atoms with Crippen LogP contribution in [0, 0.1) is 0 Å². The second-order valence-corrected chi connectivity index (χ2v) is 6.64. The molecule has 4 heteroatoms. The lowest BCUT2D eigenvalue weighted by atomic mass is 10.1. The topological polar surface area (TPSA) is 24.9 Å². The molecule has 0 aliphatic carbocycles. The minimum absolute atomic E-state index is 0.414. The highest BCUT2D eigenvalue weighted by molar-refractivity contribution is 9.11. The fourth-order valence-electron chi connectivity index (χ4n) is 1.98. The molecule has 0 atom stereocenters. The highest BCUT2D eigenvalue weighted by Gasteiger charge is 2.13. The Morgan fingerprint density at radius 1 is 1.21 bits per heavy atom. The van der Waals surface area contributed by atoms with E-state index in [4.69, 9.17) is 4.98 Å². The van der Waals surface area contributed by atoms with Crippen LogP contribution in [0.3, 0.4) is 0 Å². The van der Waals surface area contributed by atoms with Gasteiger partial charge in [-0.3, -0.25) is 4.98 Å². The molecule has 2 rings (SSSR count). The van der Waals surface area contributed by atoms with E-state index in [1.165, 1.54) is 0 Å². The summed E-state index contributed by atoms with van der Waals surface area (Å²) in [7, 11) is 0. The average molecular weight is 386 g/mol. The van der Waals surface area contributed by atoms with Gasteiger partial charge in [0.15, 0.2) is 0 Å². The van der Waals surface area contributed by atoms with E-state index in [1.807, 2.05) is 6.07 Å². The summed E-state index contributed by atoms with van der Waals surface area (Å²) in [6.07, 6.45) is 1.10. The molecule has 1 heterocycles. The number of aromatic nitrogens is 1. The maximum absolute atomic E-state index is 4.79. The fourth-order valence-corrected chi connectivity index (χ4v) is 2.94. The third kappa shape index (κ3) is 3.11. The molecule has 0 fully saturated rings. The van der Waals surface area contributed by atoms with E-state index >= 15 is 0 Å². The van der Waals surface area contributed by atoms with Crippen molar-refractivity contribution in [3.8, 4) is 0 Å². The molecule has 0 spiro atoms. The lowest BCUT2D eigenvalue weighted by Crippen LogP contribution is -2.04. The van der Waals surface area contributed by atoms with Crippen LogP contribution in [0.25, 0.3) is 10.9 Å². The number of hydrogen-bond acceptors (Lipinski definition) is 2. The molecular formula is C15H18Br2N2. The van der Waals surface area contributed by atoms with Gasteiger partial charge in [0.25, 0.3) is 0 Å². The zero-order chi connectivity index (χ0) is 14.0. The Balaban J connectivity index is 2.70. The number of pyridine rings is 1. The average Bonchev–Trinajstić information content (AvgIpc) is 2.39. The first kappa shape index (κ1) is 14.8. The summed E-state index contributed by atoms with van der Waals surface area (Å²) in [5.74, 6) is 0.414. The highest BCUT2D eigenvalue weighted by atomic mass is 79.9. The van der Waals surface area contributed by atoms with E-state index in [9.17, 15) is 0 Å². The van der Waals surface area contributed by atoms with E-state index in [2.05, 4.69) is 70.1 Å². The Morgan fingerprint density at radius 2 is 1.89 bits per heavy atom. The number of halogens is 2. The minimum atomic E-state index is 0.414. The molecule has 2 nitrogen and oxygen atoms in total. The van der Waals surface area contributed by atoms with Gasteiger partial charge in [-0.05, 0) is 46.5 Å². The van der Waals surface area contributed by atoms with Crippen molar-refractivity contribution >= 4 is 48.5 Å². The van der Waals surface area contributed by atoms with Crippen LogP contribution in [0.5, 0.6) is 0 Å². The SMILES string of the molecule is CCCNc1cc(C(C)C)nc2c(Br)ccc(Br)c12. The Labute approximate surface area is 131 Å². The second kappa shape index (κ2) is 6.23. The van der Waals surface area contributed by atoms with E-state index in [1.54, 1.807) is 0 Å². The van der Waals surface area contributed by atoms with E-state index in [-0.39, 0.29) is 0 Å². The van der Waals surface area contributed by atoms with Crippen LogP contribution in [0.1, 0.15) is 38.8 Å². The highest BCUT2D eigenvalue weighted by Crippen LogP contribution is 2.36. The molecule has 2 aromatic rings. The largest absolute Gasteiger partial charge is 0.384 e. The minimum Gasteiger partial charge on any atom is -0.384 e. The third-order valence-corrected chi connectivity index (χ3v) is 4.34. The number of hydrogen-bond donors (Lipinski definition) is 1. The van der Waals surface area contributed by atoms with Gasteiger partial charge in [0, 0.05) is 32.3 Å². The number of nitrogens with zero attached hydrogens (tertiary/aromatic N) is 1. The van der Waals surface area contributed by atoms with Gasteiger partial charge in [-0.15, -0.1) is 0 Å². The van der Waals surface area contributed by atoms with Crippen LogP contribution in [0.2, 0.25) is 0 Å². The molecule has 1 N–H and O–H groups in total. The molecule has 0 unspecified atom stereocenters. The molecule has 1 aromatic carbocycles. The zero-order valence-electron chi connectivity index (χ0n) is 11.4. The Kier molecular flexibility index (Phi) is 4.85. The molecule has 0 saturated heterocycles.